The molecule has 2 aromatic rings. The Morgan fingerprint density at radius 3 is 2.32 bits per heavy atom. The van der Waals surface area contributed by atoms with Gasteiger partial charge in [0.2, 0.25) is 0 Å². The summed E-state index contributed by atoms with van der Waals surface area (Å²) in [6.07, 6.45) is 0.871. The number of aromatic nitrogens is 2. The van der Waals surface area contributed by atoms with Gasteiger partial charge in [-0.15, -0.1) is 0 Å². The monoisotopic (exact) mass is 255 g/mol. The zero-order valence-corrected chi connectivity index (χ0v) is 12.1. The van der Waals surface area contributed by atoms with Crippen molar-refractivity contribution in [2.75, 3.05) is 5.73 Å². The van der Waals surface area contributed by atoms with E-state index in [1.165, 1.54) is 5.56 Å². The molecule has 19 heavy (non-hydrogen) atoms. The number of nitrogen functional groups attached to an aromatic ring is 1. The van der Waals surface area contributed by atoms with E-state index in [9.17, 15) is 0 Å². The van der Waals surface area contributed by atoms with Gasteiger partial charge in [0.05, 0.1) is 0 Å². The Labute approximate surface area is 114 Å². The van der Waals surface area contributed by atoms with Gasteiger partial charge < -0.3 is 5.73 Å². The van der Waals surface area contributed by atoms with Crippen molar-refractivity contribution in [3.63, 3.8) is 0 Å². The Bertz CT molecular complexity index is 574. The second kappa shape index (κ2) is 5.00. The third-order valence-electron chi connectivity index (χ3n) is 3.67. The van der Waals surface area contributed by atoms with Crippen LogP contribution in [0.1, 0.15) is 43.4 Å². The fraction of sp³-hybridized carbons (Fsp3) is 0.375. The molecule has 0 fully saturated rings. The Morgan fingerprint density at radius 1 is 1.11 bits per heavy atom. The standard InChI is InChI=1S/C16H21N3/c1-5-13-11(2)14(17)19-15(18-13)16(3,4)12-9-7-6-8-10-12/h6-10H,5H2,1-4H3,(H2,17,18,19). The largest absolute Gasteiger partial charge is 0.383 e. The van der Waals surface area contributed by atoms with Crippen molar-refractivity contribution in [2.45, 2.75) is 39.5 Å². The fourth-order valence-electron chi connectivity index (χ4n) is 2.19. The van der Waals surface area contributed by atoms with E-state index in [1.807, 2.05) is 25.1 Å². The molecule has 0 aliphatic carbocycles. The highest BCUT2D eigenvalue weighted by Crippen LogP contribution is 2.30. The molecule has 1 aromatic carbocycles. The Kier molecular flexibility index (Phi) is 3.56. The highest BCUT2D eigenvalue weighted by atomic mass is 15.0. The van der Waals surface area contributed by atoms with E-state index in [-0.39, 0.29) is 5.41 Å². The average molecular weight is 255 g/mol. The van der Waals surface area contributed by atoms with Gasteiger partial charge in [0.25, 0.3) is 0 Å². The van der Waals surface area contributed by atoms with Crippen LogP contribution in [0.3, 0.4) is 0 Å². The predicted molar refractivity (Wildman–Crippen MR) is 79.1 cm³/mol. The minimum atomic E-state index is -0.243. The number of anilines is 1. The van der Waals surface area contributed by atoms with E-state index < -0.39 is 0 Å². The number of nitrogens with two attached hydrogens (primary N) is 1. The first kappa shape index (κ1) is 13.5. The van der Waals surface area contributed by atoms with E-state index in [2.05, 4.69) is 37.9 Å². The number of nitrogens with zero attached hydrogens (tertiary/aromatic N) is 2. The Morgan fingerprint density at radius 2 is 1.74 bits per heavy atom. The second-order valence-corrected chi connectivity index (χ2v) is 5.35. The molecular formula is C16H21N3. The lowest BCUT2D eigenvalue weighted by Crippen LogP contribution is -2.24. The van der Waals surface area contributed by atoms with Crippen LogP contribution in [0.15, 0.2) is 30.3 Å². The molecule has 0 saturated heterocycles. The van der Waals surface area contributed by atoms with Gasteiger partial charge in [0.15, 0.2) is 0 Å². The van der Waals surface area contributed by atoms with Crippen LogP contribution < -0.4 is 5.73 Å². The average Bonchev–Trinajstić information content (AvgIpc) is 2.42. The molecular weight excluding hydrogens is 234 g/mol. The number of hydrogen-bond acceptors (Lipinski definition) is 3. The summed E-state index contributed by atoms with van der Waals surface area (Å²) in [4.78, 5) is 9.20. The van der Waals surface area contributed by atoms with Crippen molar-refractivity contribution in [3.8, 4) is 0 Å². The molecule has 0 atom stereocenters. The normalized spacial score (nSPS) is 11.6. The number of hydrogen-bond donors (Lipinski definition) is 1. The maximum Gasteiger partial charge on any atom is 0.140 e. The van der Waals surface area contributed by atoms with Crippen LogP contribution in [0.2, 0.25) is 0 Å². The lowest BCUT2D eigenvalue weighted by molar-refractivity contribution is 0.585. The van der Waals surface area contributed by atoms with Crippen molar-refractivity contribution in [3.05, 3.63) is 53.0 Å². The van der Waals surface area contributed by atoms with E-state index in [4.69, 9.17) is 10.7 Å². The first-order valence-corrected chi connectivity index (χ1v) is 6.65. The van der Waals surface area contributed by atoms with Gasteiger partial charge in [-0.2, -0.15) is 0 Å². The van der Waals surface area contributed by atoms with Crippen LogP contribution in [0.5, 0.6) is 0 Å². The summed E-state index contributed by atoms with van der Waals surface area (Å²) in [5, 5.41) is 0. The highest BCUT2D eigenvalue weighted by molar-refractivity contribution is 5.43. The van der Waals surface area contributed by atoms with E-state index >= 15 is 0 Å². The maximum absolute atomic E-state index is 6.02. The van der Waals surface area contributed by atoms with Gasteiger partial charge in [-0.25, -0.2) is 9.97 Å². The molecule has 0 radical (unpaired) electrons. The number of benzene rings is 1. The first-order chi connectivity index (χ1) is 8.96. The minimum absolute atomic E-state index is 0.243. The summed E-state index contributed by atoms with van der Waals surface area (Å²) < 4.78 is 0. The van der Waals surface area contributed by atoms with E-state index in [0.29, 0.717) is 5.82 Å². The lowest BCUT2D eigenvalue weighted by atomic mass is 9.83. The zero-order valence-electron chi connectivity index (χ0n) is 12.1. The van der Waals surface area contributed by atoms with Crippen molar-refractivity contribution >= 4 is 5.82 Å². The Hall–Kier alpha value is -1.90. The summed E-state index contributed by atoms with van der Waals surface area (Å²) in [5.74, 6) is 1.38. The summed E-state index contributed by atoms with van der Waals surface area (Å²) in [5.41, 5.74) is 9.00. The van der Waals surface area contributed by atoms with Gasteiger partial charge >= 0.3 is 0 Å². The molecule has 2 N–H and O–H groups in total. The molecule has 0 bridgehead atoms. The molecule has 3 nitrogen and oxygen atoms in total. The molecule has 100 valence electrons. The van der Waals surface area contributed by atoms with Crippen LogP contribution in [-0.2, 0) is 11.8 Å². The van der Waals surface area contributed by atoms with Crippen LogP contribution >= 0.6 is 0 Å². The molecule has 0 unspecified atom stereocenters. The maximum atomic E-state index is 6.02. The fourth-order valence-corrected chi connectivity index (χ4v) is 2.19. The van der Waals surface area contributed by atoms with E-state index in [0.717, 1.165) is 23.5 Å². The molecule has 0 spiro atoms. The molecule has 0 aliphatic heterocycles. The molecule has 0 aliphatic rings. The van der Waals surface area contributed by atoms with Crippen molar-refractivity contribution in [1.29, 1.82) is 0 Å². The highest BCUT2D eigenvalue weighted by Gasteiger charge is 2.27. The third-order valence-corrected chi connectivity index (χ3v) is 3.67. The lowest BCUT2D eigenvalue weighted by Gasteiger charge is -2.25. The topological polar surface area (TPSA) is 51.8 Å². The summed E-state index contributed by atoms with van der Waals surface area (Å²) in [7, 11) is 0. The van der Waals surface area contributed by atoms with Crippen LogP contribution in [0.4, 0.5) is 5.82 Å². The minimum Gasteiger partial charge on any atom is -0.383 e. The molecule has 0 amide bonds. The molecule has 1 aromatic heterocycles. The quantitative estimate of drug-likeness (QED) is 0.916. The molecule has 3 heteroatoms. The third kappa shape index (κ3) is 2.46. The molecule has 0 saturated carbocycles. The van der Waals surface area contributed by atoms with Gasteiger partial charge in [0.1, 0.15) is 11.6 Å². The van der Waals surface area contributed by atoms with Crippen LogP contribution in [0, 0.1) is 6.92 Å². The first-order valence-electron chi connectivity index (χ1n) is 6.65. The van der Waals surface area contributed by atoms with Crippen molar-refractivity contribution in [1.82, 2.24) is 9.97 Å². The van der Waals surface area contributed by atoms with E-state index in [1.54, 1.807) is 0 Å². The smallest absolute Gasteiger partial charge is 0.140 e. The zero-order chi connectivity index (χ0) is 14.0. The Balaban J connectivity index is 2.55. The summed E-state index contributed by atoms with van der Waals surface area (Å²) in [6, 6.07) is 10.3. The van der Waals surface area contributed by atoms with Crippen LogP contribution in [0.25, 0.3) is 0 Å². The number of aryl methyl sites for hydroxylation is 1. The second-order valence-electron chi connectivity index (χ2n) is 5.35. The number of rotatable bonds is 3. The molecule has 1 heterocycles. The van der Waals surface area contributed by atoms with Crippen LogP contribution in [-0.4, -0.2) is 9.97 Å². The summed E-state index contributed by atoms with van der Waals surface area (Å²) in [6.45, 7) is 8.33. The van der Waals surface area contributed by atoms with Crippen molar-refractivity contribution < 1.29 is 0 Å². The van der Waals surface area contributed by atoms with Gasteiger partial charge in [-0.05, 0) is 32.8 Å². The van der Waals surface area contributed by atoms with Gasteiger partial charge in [-0.3, -0.25) is 0 Å². The van der Waals surface area contributed by atoms with Gasteiger partial charge in [0, 0.05) is 16.7 Å². The SMILES string of the molecule is CCc1nc(C(C)(C)c2ccccc2)nc(N)c1C. The predicted octanol–water partition coefficient (Wildman–Crippen LogP) is 3.26. The van der Waals surface area contributed by atoms with Gasteiger partial charge in [-0.1, -0.05) is 37.3 Å². The summed E-state index contributed by atoms with van der Waals surface area (Å²) >= 11 is 0. The molecule has 2 rings (SSSR count). The van der Waals surface area contributed by atoms with Crippen molar-refractivity contribution in [2.24, 2.45) is 0 Å².